The molecule has 1 aromatic carbocycles. The Kier molecular flexibility index (Phi) is 4.16. The van der Waals surface area contributed by atoms with Crippen molar-refractivity contribution in [3.05, 3.63) is 44.7 Å². The van der Waals surface area contributed by atoms with Gasteiger partial charge in [-0.2, -0.15) is 0 Å². The van der Waals surface area contributed by atoms with E-state index in [1.54, 1.807) is 12.3 Å². The summed E-state index contributed by atoms with van der Waals surface area (Å²) >= 11 is 9.41. The van der Waals surface area contributed by atoms with Crippen LogP contribution in [0.3, 0.4) is 0 Å². The van der Waals surface area contributed by atoms with Crippen molar-refractivity contribution in [2.75, 3.05) is 0 Å². The fourth-order valence-corrected chi connectivity index (χ4v) is 2.07. The summed E-state index contributed by atoms with van der Waals surface area (Å²) < 4.78 is 2.16. The number of nitrogens with zero attached hydrogens (tertiary/aromatic N) is 4. The third kappa shape index (κ3) is 2.93. The van der Waals surface area contributed by atoms with Crippen molar-refractivity contribution in [1.29, 1.82) is 0 Å². The molecule has 1 heterocycles. The molecule has 0 saturated heterocycles. The summed E-state index contributed by atoms with van der Waals surface area (Å²) in [4.78, 5) is 10.3. The van der Waals surface area contributed by atoms with Crippen molar-refractivity contribution in [3.8, 4) is 5.69 Å². The van der Waals surface area contributed by atoms with E-state index in [-0.39, 0.29) is 11.1 Å². The molecule has 0 aliphatic carbocycles. The molecule has 1 atom stereocenters. The van der Waals surface area contributed by atoms with E-state index in [2.05, 4.69) is 26.2 Å². The van der Waals surface area contributed by atoms with E-state index in [1.165, 1.54) is 16.8 Å². The van der Waals surface area contributed by atoms with Crippen molar-refractivity contribution in [3.63, 3.8) is 0 Å². The van der Waals surface area contributed by atoms with Crippen molar-refractivity contribution in [2.24, 2.45) is 0 Å². The van der Waals surface area contributed by atoms with Crippen molar-refractivity contribution < 1.29 is 4.92 Å². The Morgan fingerprint density at radius 3 is 2.95 bits per heavy atom. The van der Waals surface area contributed by atoms with Gasteiger partial charge in [0.1, 0.15) is 5.69 Å². The highest BCUT2D eigenvalue weighted by Crippen LogP contribution is 2.27. The Morgan fingerprint density at radius 1 is 1.58 bits per heavy atom. The number of halogens is 2. The Balaban J connectivity index is 2.43. The van der Waals surface area contributed by atoms with E-state index < -0.39 is 4.92 Å². The van der Waals surface area contributed by atoms with Crippen molar-refractivity contribution >= 4 is 33.2 Å². The van der Waals surface area contributed by atoms with Gasteiger partial charge in [0, 0.05) is 16.6 Å². The lowest BCUT2D eigenvalue weighted by molar-refractivity contribution is -0.384. The van der Waals surface area contributed by atoms with E-state index in [0.717, 1.165) is 6.42 Å². The first-order chi connectivity index (χ1) is 9.02. The van der Waals surface area contributed by atoms with E-state index in [4.69, 9.17) is 11.6 Å². The molecule has 1 unspecified atom stereocenters. The zero-order chi connectivity index (χ0) is 14.0. The van der Waals surface area contributed by atoms with Crippen LogP contribution in [0.2, 0.25) is 0 Å². The zero-order valence-electron chi connectivity index (χ0n) is 9.96. The number of benzene rings is 1. The molecule has 0 fully saturated rings. The molecule has 0 aliphatic rings. The van der Waals surface area contributed by atoms with Gasteiger partial charge in [-0.3, -0.25) is 10.1 Å². The minimum absolute atomic E-state index is 0.00633. The second kappa shape index (κ2) is 5.66. The van der Waals surface area contributed by atoms with Crippen molar-refractivity contribution in [2.45, 2.75) is 18.7 Å². The molecule has 6 nitrogen and oxygen atoms in total. The first kappa shape index (κ1) is 14.0. The molecule has 0 saturated carbocycles. The van der Waals surface area contributed by atoms with Gasteiger partial charge in [0.15, 0.2) is 0 Å². The second-order valence-corrected chi connectivity index (χ2v) is 5.24. The normalized spacial score (nSPS) is 12.4. The summed E-state index contributed by atoms with van der Waals surface area (Å²) in [6.45, 7) is 1.94. The number of non-ortho nitro benzene ring substituents is 1. The van der Waals surface area contributed by atoms with Gasteiger partial charge in [-0.05, 0) is 28.4 Å². The molecule has 2 aromatic rings. The van der Waals surface area contributed by atoms with Crippen LogP contribution in [0.15, 0.2) is 28.9 Å². The van der Waals surface area contributed by atoms with Gasteiger partial charge in [-0.1, -0.05) is 12.1 Å². The van der Waals surface area contributed by atoms with E-state index in [9.17, 15) is 10.1 Å². The highest BCUT2D eigenvalue weighted by Gasteiger charge is 2.15. The first-order valence-corrected chi connectivity index (χ1v) is 6.76. The third-order valence-corrected chi connectivity index (χ3v) is 3.78. The van der Waals surface area contributed by atoms with Crippen LogP contribution in [-0.2, 0) is 0 Å². The number of hydrogen-bond acceptors (Lipinski definition) is 4. The largest absolute Gasteiger partial charge is 0.271 e. The molecule has 100 valence electrons. The summed E-state index contributed by atoms with van der Waals surface area (Å²) in [6.07, 6.45) is 2.40. The molecule has 0 bridgehead atoms. The number of nitro benzene ring substituents is 1. The highest BCUT2D eigenvalue weighted by molar-refractivity contribution is 9.10. The summed E-state index contributed by atoms with van der Waals surface area (Å²) in [5.74, 6) is 0. The maximum atomic E-state index is 10.8. The highest BCUT2D eigenvalue weighted by atomic mass is 79.9. The van der Waals surface area contributed by atoms with Gasteiger partial charge in [-0.15, -0.1) is 16.7 Å². The van der Waals surface area contributed by atoms with E-state index in [0.29, 0.717) is 15.9 Å². The molecule has 0 aliphatic heterocycles. The summed E-state index contributed by atoms with van der Waals surface area (Å²) in [5, 5.41) is 18.5. The summed E-state index contributed by atoms with van der Waals surface area (Å²) in [5.41, 5.74) is 1.18. The zero-order valence-corrected chi connectivity index (χ0v) is 12.3. The number of aromatic nitrogens is 3. The van der Waals surface area contributed by atoms with Crippen LogP contribution in [-0.4, -0.2) is 19.9 Å². The van der Waals surface area contributed by atoms with Gasteiger partial charge < -0.3 is 0 Å². The average Bonchev–Trinajstić information content (AvgIpc) is 2.87. The fraction of sp³-hybridized carbons (Fsp3) is 0.273. The molecular weight excluding hydrogens is 336 g/mol. The Bertz CT molecular complexity index is 616. The number of hydrogen-bond donors (Lipinski definition) is 0. The molecule has 0 amide bonds. The SMILES string of the molecule is CCC(Cl)c1cn(-c2cc([N+](=O)[O-])ccc2Br)nn1. The van der Waals surface area contributed by atoms with Gasteiger partial charge in [0.05, 0.1) is 22.2 Å². The molecule has 0 radical (unpaired) electrons. The van der Waals surface area contributed by atoms with Crippen molar-refractivity contribution in [1.82, 2.24) is 15.0 Å². The summed E-state index contributed by atoms with van der Waals surface area (Å²) in [6, 6.07) is 4.45. The van der Waals surface area contributed by atoms with Crippen LogP contribution in [0.25, 0.3) is 5.69 Å². The molecule has 19 heavy (non-hydrogen) atoms. The lowest BCUT2D eigenvalue weighted by Crippen LogP contribution is -1.98. The van der Waals surface area contributed by atoms with Crippen LogP contribution in [0.1, 0.15) is 24.4 Å². The quantitative estimate of drug-likeness (QED) is 0.482. The number of rotatable bonds is 4. The molecule has 0 N–H and O–H groups in total. The van der Waals surface area contributed by atoms with Gasteiger partial charge in [-0.25, -0.2) is 4.68 Å². The molecule has 8 heteroatoms. The average molecular weight is 346 g/mol. The predicted octanol–water partition coefficient (Wildman–Crippen LogP) is 3.63. The van der Waals surface area contributed by atoms with Crippen LogP contribution < -0.4 is 0 Å². The third-order valence-electron chi connectivity index (χ3n) is 2.58. The smallest absolute Gasteiger partial charge is 0.258 e. The van der Waals surface area contributed by atoms with Crippen LogP contribution in [0, 0.1) is 10.1 Å². The van der Waals surface area contributed by atoms with Crippen LogP contribution >= 0.6 is 27.5 Å². The number of alkyl halides is 1. The predicted molar refractivity (Wildman–Crippen MR) is 74.6 cm³/mol. The summed E-state index contributed by atoms with van der Waals surface area (Å²) in [7, 11) is 0. The topological polar surface area (TPSA) is 73.8 Å². The number of nitro groups is 1. The molecule has 1 aromatic heterocycles. The standard InChI is InChI=1S/C11H10BrClN4O2/c1-2-9(13)10-6-16(15-14-10)11-5-7(17(18)19)3-4-8(11)12/h3-6,9H,2H2,1H3. The van der Waals surface area contributed by atoms with Crippen LogP contribution in [0.4, 0.5) is 5.69 Å². The van der Waals surface area contributed by atoms with Gasteiger partial charge in [0.2, 0.25) is 0 Å². The van der Waals surface area contributed by atoms with Gasteiger partial charge in [0.25, 0.3) is 5.69 Å². The second-order valence-electron chi connectivity index (χ2n) is 3.86. The minimum atomic E-state index is -0.454. The maximum Gasteiger partial charge on any atom is 0.271 e. The lowest BCUT2D eigenvalue weighted by Gasteiger charge is -2.03. The molecule has 0 spiro atoms. The Hall–Kier alpha value is -1.47. The minimum Gasteiger partial charge on any atom is -0.258 e. The lowest BCUT2D eigenvalue weighted by atomic mass is 10.2. The fourth-order valence-electron chi connectivity index (χ4n) is 1.54. The monoisotopic (exact) mass is 344 g/mol. The maximum absolute atomic E-state index is 10.8. The Labute approximate surface area is 122 Å². The van der Waals surface area contributed by atoms with Crippen LogP contribution in [0.5, 0.6) is 0 Å². The molecule has 2 rings (SSSR count). The Morgan fingerprint density at radius 2 is 2.32 bits per heavy atom. The van der Waals surface area contributed by atoms with Gasteiger partial charge >= 0.3 is 0 Å². The van der Waals surface area contributed by atoms with E-state index in [1.807, 2.05) is 6.92 Å². The molecular formula is C11H10BrClN4O2. The van der Waals surface area contributed by atoms with E-state index >= 15 is 0 Å². The first-order valence-electron chi connectivity index (χ1n) is 5.53.